The summed E-state index contributed by atoms with van der Waals surface area (Å²) in [4.78, 5) is 25.2. The van der Waals surface area contributed by atoms with Gasteiger partial charge in [-0.15, -0.1) is 0 Å². The van der Waals surface area contributed by atoms with Crippen molar-refractivity contribution in [2.45, 2.75) is 6.42 Å². The van der Waals surface area contributed by atoms with Crippen LogP contribution in [0.15, 0.2) is 30.3 Å². The molecule has 1 aromatic carbocycles. The number of hydrogen-bond acceptors (Lipinski definition) is 4. The Morgan fingerprint density at radius 3 is 2.71 bits per heavy atom. The summed E-state index contributed by atoms with van der Waals surface area (Å²) in [6.45, 7) is 1.08. The highest BCUT2D eigenvalue weighted by atomic mass is 16.5. The van der Waals surface area contributed by atoms with Gasteiger partial charge in [0.25, 0.3) is 0 Å². The molecule has 0 unspecified atom stereocenters. The van der Waals surface area contributed by atoms with Gasteiger partial charge in [0.15, 0.2) is 5.78 Å². The summed E-state index contributed by atoms with van der Waals surface area (Å²) in [6, 6.07) is 9.78. The van der Waals surface area contributed by atoms with Gasteiger partial charge in [-0.1, -0.05) is 18.2 Å². The zero-order chi connectivity index (χ0) is 12.3. The van der Waals surface area contributed by atoms with Crippen LogP contribution in [0, 0.1) is 5.92 Å². The number of rotatable bonds is 2. The first kappa shape index (κ1) is 11.6. The number of methoxy groups -OCH3 is 1. The van der Waals surface area contributed by atoms with Gasteiger partial charge in [0.2, 0.25) is 0 Å². The van der Waals surface area contributed by atoms with E-state index in [1.807, 2.05) is 35.2 Å². The maximum Gasteiger partial charge on any atom is 0.318 e. The number of benzene rings is 1. The molecule has 1 atom stereocenters. The lowest BCUT2D eigenvalue weighted by atomic mass is 9.96. The lowest BCUT2D eigenvalue weighted by Gasteiger charge is -2.32. The van der Waals surface area contributed by atoms with E-state index in [1.165, 1.54) is 7.11 Å². The van der Waals surface area contributed by atoms with Gasteiger partial charge >= 0.3 is 5.97 Å². The van der Waals surface area contributed by atoms with Crippen LogP contribution in [0.4, 0.5) is 5.69 Å². The summed E-state index contributed by atoms with van der Waals surface area (Å²) < 4.78 is 4.66. The Kier molecular flexibility index (Phi) is 3.42. The quantitative estimate of drug-likeness (QED) is 0.570. The smallest absolute Gasteiger partial charge is 0.318 e. The van der Waals surface area contributed by atoms with Crippen LogP contribution in [0.3, 0.4) is 0 Å². The molecule has 1 aliphatic heterocycles. The molecule has 0 saturated carbocycles. The average molecular weight is 233 g/mol. The highest BCUT2D eigenvalue weighted by Gasteiger charge is 2.33. The zero-order valence-corrected chi connectivity index (χ0v) is 9.76. The van der Waals surface area contributed by atoms with Crippen LogP contribution < -0.4 is 4.90 Å². The van der Waals surface area contributed by atoms with Gasteiger partial charge in [-0.2, -0.15) is 0 Å². The van der Waals surface area contributed by atoms with Gasteiger partial charge in [0, 0.05) is 25.2 Å². The van der Waals surface area contributed by atoms with Gasteiger partial charge < -0.3 is 9.64 Å². The molecule has 1 heterocycles. The minimum absolute atomic E-state index is 0.0240. The van der Waals surface area contributed by atoms with Crippen LogP contribution in [0.2, 0.25) is 0 Å². The predicted octanol–water partition coefficient (Wildman–Crippen LogP) is 1.25. The predicted molar refractivity (Wildman–Crippen MR) is 63.8 cm³/mol. The summed E-state index contributed by atoms with van der Waals surface area (Å²) in [5, 5.41) is 0. The minimum atomic E-state index is -0.644. The van der Waals surface area contributed by atoms with E-state index < -0.39 is 11.9 Å². The van der Waals surface area contributed by atoms with Crippen LogP contribution in [-0.4, -0.2) is 32.0 Å². The van der Waals surface area contributed by atoms with E-state index in [0.29, 0.717) is 19.5 Å². The molecule has 0 aromatic heterocycles. The molecule has 1 saturated heterocycles. The van der Waals surface area contributed by atoms with Crippen molar-refractivity contribution in [1.29, 1.82) is 0 Å². The van der Waals surface area contributed by atoms with Crippen molar-refractivity contribution >= 4 is 17.4 Å². The number of esters is 1. The third-order valence-electron chi connectivity index (χ3n) is 3.03. The van der Waals surface area contributed by atoms with Crippen molar-refractivity contribution in [1.82, 2.24) is 0 Å². The van der Waals surface area contributed by atoms with Crippen LogP contribution >= 0.6 is 0 Å². The first-order valence-corrected chi connectivity index (χ1v) is 5.63. The normalized spacial score (nSPS) is 20.2. The standard InChI is InChI=1S/C13H15NO3/c1-17-13(16)11-9-14(8-7-12(11)15)10-5-3-2-4-6-10/h2-6,11H,7-9H2,1H3/t11-/m0/s1. The summed E-state index contributed by atoms with van der Waals surface area (Å²) in [5.41, 5.74) is 1.04. The second kappa shape index (κ2) is 4.99. The van der Waals surface area contributed by atoms with E-state index in [9.17, 15) is 9.59 Å². The number of ether oxygens (including phenoxy) is 1. The highest BCUT2D eigenvalue weighted by molar-refractivity contribution is 6.00. The SMILES string of the molecule is COC(=O)[C@H]1CN(c2ccccc2)CCC1=O. The third kappa shape index (κ3) is 2.46. The van der Waals surface area contributed by atoms with Crippen LogP contribution in [0.1, 0.15) is 6.42 Å². The molecular weight excluding hydrogens is 218 g/mol. The van der Waals surface area contributed by atoms with Crippen LogP contribution in [0.25, 0.3) is 0 Å². The molecule has 0 spiro atoms. The molecule has 2 rings (SSSR count). The van der Waals surface area contributed by atoms with Crippen molar-refractivity contribution in [3.05, 3.63) is 30.3 Å². The van der Waals surface area contributed by atoms with E-state index in [-0.39, 0.29) is 5.78 Å². The van der Waals surface area contributed by atoms with Crippen molar-refractivity contribution in [2.75, 3.05) is 25.1 Å². The summed E-state index contributed by atoms with van der Waals surface area (Å²) in [5.74, 6) is -1.10. The lowest BCUT2D eigenvalue weighted by molar-refractivity contribution is -0.149. The number of nitrogens with zero attached hydrogens (tertiary/aromatic N) is 1. The molecule has 17 heavy (non-hydrogen) atoms. The Hall–Kier alpha value is -1.84. The molecule has 1 aromatic rings. The maximum atomic E-state index is 11.6. The van der Waals surface area contributed by atoms with Crippen molar-refractivity contribution in [3.8, 4) is 0 Å². The molecule has 4 heteroatoms. The van der Waals surface area contributed by atoms with Crippen molar-refractivity contribution in [2.24, 2.45) is 5.92 Å². The number of ketones is 1. The number of anilines is 1. The summed E-state index contributed by atoms with van der Waals surface area (Å²) in [6.07, 6.45) is 0.397. The van der Waals surface area contributed by atoms with E-state index in [4.69, 9.17) is 0 Å². The Morgan fingerprint density at radius 2 is 2.06 bits per heavy atom. The fourth-order valence-electron chi connectivity index (χ4n) is 2.05. The molecule has 0 radical (unpaired) electrons. The van der Waals surface area contributed by atoms with Gasteiger partial charge in [-0.3, -0.25) is 9.59 Å². The van der Waals surface area contributed by atoms with Crippen molar-refractivity contribution in [3.63, 3.8) is 0 Å². The second-order valence-corrected chi connectivity index (χ2v) is 4.07. The number of Topliss-reactive ketones (excluding diaryl/α,β-unsaturated/α-hetero) is 1. The number of para-hydroxylation sites is 1. The Morgan fingerprint density at radius 1 is 1.35 bits per heavy atom. The summed E-state index contributed by atoms with van der Waals surface area (Å²) >= 11 is 0. The fraction of sp³-hybridized carbons (Fsp3) is 0.385. The number of hydrogen-bond donors (Lipinski definition) is 0. The Bertz CT molecular complexity index is 408. The number of carbonyl (C=O) groups is 2. The third-order valence-corrected chi connectivity index (χ3v) is 3.03. The molecule has 0 N–H and O–H groups in total. The largest absolute Gasteiger partial charge is 0.468 e. The first-order chi connectivity index (χ1) is 8.22. The maximum absolute atomic E-state index is 11.6. The first-order valence-electron chi connectivity index (χ1n) is 5.63. The molecule has 0 amide bonds. The molecular formula is C13H15NO3. The minimum Gasteiger partial charge on any atom is -0.468 e. The zero-order valence-electron chi connectivity index (χ0n) is 9.76. The highest BCUT2D eigenvalue weighted by Crippen LogP contribution is 2.21. The lowest BCUT2D eigenvalue weighted by Crippen LogP contribution is -2.44. The summed E-state index contributed by atoms with van der Waals surface area (Å²) in [7, 11) is 1.32. The second-order valence-electron chi connectivity index (χ2n) is 4.07. The topological polar surface area (TPSA) is 46.6 Å². The molecule has 90 valence electrons. The Labute approximate surface area is 100 Å². The van der Waals surface area contributed by atoms with Crippen LogP contribution in [0.5, 0.6) is 0 Å². The molecule has 4 nitrogen and oxygen atoms in total. The van der Waals surface area contributed by atoms with E-state index in [0.717, 1.165) is 5.69 Å². The van der Waals surface area contributed by atoms with Gasteiger partial charge in [0.05, 0.1) is 7.11 Å². The van der Waals surface area contributed by atoms with Gasteiger partial charge in [0.1, 0.15) is 5.92 Å². The number of carbonyl (C=O) groups excluding carboxylic acids is 2. The van der Waals surface area contributed by atoms with E-state index in [2.05, 4.69) is 4.74 Å². The molecule has 0 aliphatic carbocycles. The average Bonchev–Trinajstić information content (AvgIpc) is 2.39. The van der Waals surface area contributed by atoms with E-state index >= 15 is 0 Å². The van der Waals surface area contributed by atoms with E-state index in [1.54, 1.807) is 0 Å². The van der Waals surface area contributed by atoms with Crippen LogP contribution in [-0.2, 0) is 14.3 Å². The number of piperidine rings is 1. The van der Waals surface area contributed by atoms with Gasteiger partial charge in [-0.05, 0) is 12.1 Å². The molecule has 0 bridgehead atoms. The van der Waals surface area contributed by atoms with Crippen molar-refractivity contribution < 1.29 is 14.3 Å². The molecule has 1 fully saturated rings. The monoisotopic (exact) mass is 233 g/mol. The fourth-order valence-corrected chi connectivity index (χ4v) is 2.05. The molecule has 1 aliphatic rings. The van der Waals surface area contributed by atoms with Gasteiger partial charge in [-0.25, -0.2) is 0 Å². The Balaban J connectivity index is 2.13.